The van der Waals surface area contributed by atoms with Gasteiger partial charge < -0.3 is 13.8 Å². The standard InChI is InChI=1S/C22H19N5O3/c1-14-19(29-13-24-14)22(28)27-11-17(16-8-5-9-23-10-16)18(12-27)21-25-20(26-30-21)15-6-3-2-4-7-15/h2-10,13,17-18H,11-12H2,1H3/t17-,18+/m0/s1. The molecule has 0 saturated carbocycles. The van der Waals surface area contributed by atoms with Crippen LogP contribution in [0.25, 0.3) is 11.4 Å². The second kappa shape index (κ2) is 7.55. The highest BCUT2D eigenvalue weighted by atomic mass is 16.5. The Hall–Kier alpha value is -3.81. The highest BCUT2D eigenvalue weighted by molar-refractivity contribution is 5.92. The van der Waals surface area contributed by atoms with Crippen molar-refractivity contribution in [1.82, 2.24) is 25.0 Å². The minimum absolute atomic E-state index is 0.0186. The molecule has 8 nitrogen and oxygen atoms in total. The van der Waals surface area contributed by atoms with Crippen LogP contribution in [0.3, 0.4) is 0 Å². The van der Waals surface area contributed by atoms with Crippen LogP contribution in [0.5, 0.6) is 0 Å². The Morgan fingerprint density at radius 2 is 1.93 bits per heavy atom. The number of hydrogen-bond acceptors (Lipinski definition) is 7. The molecule has 1 aromatic carbocycles. The minimum Gasteiger partial charge on any atom is -0.438 e. The van der Waals surface area contributed by atoms with Gasteiger partial charge in [0.15, 0.2) is 6.39 Å². The van der Waals surface area contributed by atoms with Crippen LogP contribution < -0.4 is 0 Å². The third-order valence-electron chi connectivity index (χ3n) is 5.45. The van der Waals surface area contributed by atoms with Crippen LogP contribution in [0.1, 0.15) is 39.5 Å². The second-order valence-corrected chi connectivity index (χ2v) is 7.30. The number of carbonyl (C=O) groups is 1. The van der Waals surface area contributed by atoms with Gasteiger partial charge in [-0.2, -0.15) is 4.98 Å². The molecule has 4 heterocycles. The lowest BCUT2D eigenvalue weighted by atomic mass is 9.90. The highest BCUT2D eigenvalue weighted by Crippen LogP contribution is 2.40. The molecule has 1 amide bonds. The van der Waals surface area contributed by atoms with Crippen molar-refractivity contribution < 1.29 is 13.7 Å². The molecule has 30 heavy (non-hydrogen) atoms. The van der Waals surface area contributed by atoms with E-state index >= 15 is 0 Å². The van der Waals surface area contributed by atoms with Gasteiger partial charge in [-0.25, -0.2) is 4.98 Å². The minimum atomic E-state index is -0.191. The monoisotopic (exact) mass is 401 g/mol. The van der Waals surface area contributed by atoms with Crippen LogP contribution in [-0.2, 0) is 0 Å². The lowest BCUT2D eigenvalue weighted by Crippen LogP contribution is -2.29. The number of likely N-dealkylation sites (tertiary alicyclic amines) is 1. The van der Waals surface area contributed by atoms with Crippen molar-refractivity contribution in [2.45, 2.75) is 18.8 Å². The predicted octanol–water partition coefficient (Wildman–Crippen LogP) is 3.45. The molecule has 150 valence electrons. The van der Waals surface area contributed by atoms with Gasteiger partial charge in [-0.05, 0) is 18.6 Å². The molecular formula is C22H19N5O3. The van der Waals surface area contributed by atoms with Crippen molar-refractivity contribution in [3.63, 3.8) is 0 Å². The van der Waals surface area contributed by atoms with Crippen molar-refractivity contribution in [3.05, 3.63) is 84.2 Å². The Morgan fingerprint density at radius 1 is 1.10 bits per heavy atom. The van der Waals surface area contributed by atoms with Gasteiger partial charge in [0.25, 0.3) is 5.91 Å². The quantitative estimate of drug-likeness (QED) is 0.516. The van der Waals surface area contributed by atoms with E-state index in [1.165, 1.54) is 6.39 Å². The Bertz CT molecular complexity index is 1160. The van der Waals surface area contributed by atoms with Gasteiger partial charge in [-0.3, -0.25) is 9.78 Å². The fourth-order valence-electron chi connectivity index (χ4n) is 3.89. The van der Waals surface area contributed by atoms with Gasteiger partial charge in [-0.1, -0.05) is 41.6 Å². The highest BCUT2D eigenvalue weighted by Gasteiger charge is 2.41. The summed E-state index contributed by atoms with van der Waals surface area (Å²) < 4.78 is 11.0. The Labute approximate surface area is 172 Å². The Kier molecular flexibility index (Phi) is 4.59. The van der Waals surface area contributed by atoms with E-state index in [4.69, 9.17) is 8.94 Å². The van der Waals surface area contributed by atoms with E-state index in [2.05, 4.69) is 20.1 Å². The maximum Gasteiger partial charge on any atom is 0.291 e. The van der Waals surface area contributed by atoms with Crippen LogP contribution in [0.15, 0.2) is 70.2 Å². The fourth-order valence-corrected chi connectivity index (χ4v) is 3.89. The summed E-state index contributed by atoms with van der Waals surface area (Å²) in [5.74, 6) is 0.945. The first-order valence-electron chi connectivity index (χ1n) is 9.69. The molecule has 0 N–H and O–H groups in total. The first-order chi connectivity index (χ1) is 14.7. The summed E-state index contributed by atoms with van der Waals surface area (Å²) in [6.07, 6.45) is 4.84. The zero-order chi connectivity index (χ0) is 20.5. The van der Waals surface area contributed by atoms with Crippen LogP contribution in [0.4, 0.5) is 0 Å². The average molecular weight is 401 g/mol. The van der Waals surface area contributed by atoms with E-state index in [1.54, 1.807) is 18.0 Å². The molecule has 0 aliphatic carbocycles. The number of pyridine rings is 1. The molecule has 0 unspecified atom stereocenters. The molecule has 2 atom stereocenters. The maximum atomic E-state index is 13.0. The van der Waals surface area contributed by atoms with Crippen molar-refractivity contribution in [1.29, 1.82) is 0 Å². The van der Waals surface area contributed by atoms with Gasteiger partial charge in [0.2, 0.25) is 17.5 Å². The lowest BCUT2D eigenvalue weighted by Gasteiger charge is -2.15. The predicted molar refractivity (Wildman–Crippen MR) is 107 cm³/mol. The topological polar surface area (TPSA) is 98.2 Å². The molecular weight excluding hydrogens is 382 g/mol. The van der Waals surface area contributed by atoms with Crippen LogP contribution >= 0.6 is 0 Å². The van der Waals surface area contributed by atoms with Gasteiger partial charge in [-0.15, -0.1) is 0 Å². The molecule has 0 radical (unpaired) electrons. The van der Waals surface area contributed by atoms with Crippen molar-refractivity contribution in [2.24, 2.45) is 0 Å². The molecule has 1 aliphatic rings. The molecule has 1 saturated heterocycles. The second-order valence-electron chi connectivity index (χ2n) is 7.30. The number of rotatable bonds is 4. The zero-order valence-electron chi connectivity index (χ0n) is 16.3. The molecule has 8 heteroatoms. The summed E-state index contributed by atoms with van der Waals surface area (Å²) in [5.41, 5.74) is 2.48. The van der Waals surface area contributed by atoms with E-state index in [0.717, 1.165) is 11.1 Å². The zero-order valence-corrected chi connectivity index (χ0v) is 16.3. The van der Waals surface area contributed by atoms with Crippen molar-refractivity contribution in [3.8, 4) is 11.4 Å². The molecule has 4 aromatic rings. The molecule has 0 bridgehead atoms. The molecule has 0 spiro atoms. The van der Waals surface area contributed by atoms with Crippen LogP contribution in [0.2, 0.25) is 0 Å². The van der Waals surface area contributed by atoms with E-state index in [1.807, 2.05) is 48.7 Å². The van der Waals surface area contributed by atoms with Crippen molar-refractivity contribution >= 4 is 5.91 Å². The van der Waals surface area contributed by atoms with Crippen molar-refractivity contribution in [2.75, 3.05) is 13.1 Å². The fraction of sp³-hybridized carbons (Fsp3) is 0.227. The third kappa shape index (κ3) is 3.26. The maximum absolute atomic E-state index is 13.0. The number of aryl methyl sites for hydroxylation is 1. The summed E-state index contributed by atoms with van der Waals surface area (Å²) >= 11 is 0. The first kappa shape index (κ1) is 18.2. The summed E-state index contributed by atoms with van der Waals surface area (Å²) in [7, 11) is 0. The van der Waals surface area contributed by atoms with Gasteiger partial charge in [0.1, 0.15) is 0 Å². The number of benzene rings is 1. The number of aromatic nitrogens is 4. The Morgan fingerprint density at radius 3 is 2.67 bits per heavy atom. The lowest BCUT2D eigenvalue weighted by molar-refractivity contribution is 0.0755. The van der Waals surface area contributed by atoms with E-state index < -0.39 is 0 Å². The van der Waals surface area contributed by atoms with E-state index in [0.29, 0.717) is 30.5 Å². The summed E-state index contributed by atoms with van der Waals surface area (Å²) in [5, 5.41) is 4.16. The number of amides is 1. The number of hydrogen-bond donors (Lipinski definition) is 0. The molecule has 1 aliphatic heterocycles. The molecule has 5 rings (SSSR count). The smallest absolute Gasteiger partial charge is 0.291 e. The van der Waals surface area contributed by atoms with Gasteiger partial charge in [0.05, 0.1) is 11.6 Å². The third-order valence-corrected chi connectivity index (χ3v) is 5.45. The number of nitrogens with zero attached hydrogens (tertiary/aromatic N) is 5. The summed E-state index contributed by atoms with van der Waals surface area (Å²) in [4.78, 5) is 27.7. The summed E-state index contributed by atoms with van der Waals surface area (Å²) in [6.45, 7) is 2.69. The van der Waals surface area contributed by atoms with E-state index in [9.17, 15) is 4.79 Å². The molecule has 1 fully saturated rings. The number of oxazole rings is 1. The van der Waals surface area contributed by atoms with E-state index in [-0.39, 0.29) is 23.5 Å². The summed E-state index contributed by atoms with van der Waals surface area (Å²) in [6, 6.07) is 13.6. The van der Waals surface area contributed by atoms with Gasteiger partial charge >= 0.3 is 0 Å². The normalized spacial score (nSPS) is 18.6. The average Bonchev–Trinajstić information content (AvgIpc) is 3.53. The molecule has 3 aromatic heterocycles. The van der Waals surface area contributed by atoms with Crippen LogP contribution in [-0.4, -0.2) is 44.0 Å². The Balaban J connectivity index is 1.48. The first-order valence-corrected chi connectivity index (χ1v) is 9.69. The number of carbonyl (C=O) groups excluding carboxylic acids is 1. The van der Waals surface area contributed by atoms with Gasteiger partial charge in [0, 0.05) is 37.0 Å². The van der Waals surface area contributed by atoms with Crippen LogP contribution in [0, 0.1) is 6.92 Å². The SMILES string of the molecule is Cc1ncoc1C(=O)N1C[C@@H](c2cccnc2)[C@H](c2nc(-c3ccccc3)no2)C1. The largest absolute Gasteiger partial charge is 0.438 e.